The van der Waals surface area contributed by atoms with Gasteiger partial charge in [0, 0.05) is 12.8 Å². The molecule has 64 heavy (non-hydrogen) atoms. The van der Waals surface area contributed by atoms with Crippen molar-refractivity contribution in [1.29, 1.82) is 0 Å². The second-order valence-corrected chi connectivity index (χ2v) is 19.8. The van der Waals surface area contributed by atoms with Gasteiger partial charge in [0.2, 0.25) is 0 Å². The number of aliphatic hydroxyl groups excluding tert-OH is 5. The van der Waals surface area contributed by atoms with Crippen LogP contribution in [-0.2, 0) is 32.7 Å². The van der Waals surface area contributed by atoms with Gasteiger partial charge in [0.15, 0.2) is 6.10 Å². The maximum absolute atomic E-state index is 12.8. The van der Waals surface area contributed by atoms with Crippen LogP contribution in [0.1, 0.15) is 239 Å². The first-order chi connectivity index (χ1) is 30.9. The number of unbranched alkanes of at least 4 members (excludes halogenated alkanes) is 30. The van der Waals surface area contributed by atoms with Gasteiger partial charge in [-0.3, -0.25) is 18.6 Å². The first-order valence-electron chi connectivity index (χ1n) is 26.0. The van der Waals surface area contributed by atoms with E-state index in [2.05, 4.69) is 26.0 Å². The summed E-state index contributed by atoms with van der Waals surface area (Å²) in [6, 6.07) is 0. The Bertz CT molecular complexity index is 1170. The van der Waals surface area contributed by atoms with E-state index in [0.29, 0.717) is 19.3 Å². The predicted molar refractivity (Wildman–Crippen MR) is 254 cm³/mol. The van der Waals surface area contributed by atoms with E-state index in [4.69, 9.17) is 18.5 Å². The van der Waals surface area contributed by atoms with Crippen LogP contribution in [0.3, 0.4) is 0 Å². The summed E-state index contributed by atoms with van der Waals surface area (Å²) in [5.74, 6) is -1.12. The third-order valence-electron chi connectivity index (χ3n) is 12.4. The summed E-state index contributed by atoms with van der Waals surface area (Å²) < 4.78 is 33.6. The zero-order chi connectivity index (χ0) is 47.1. The van der Waals surface area contributed by atoms with Gasteiger partial charge in [-0.1, -0.05) is 206 Å². The molecular formula is C50H95O13P. The molecule has 14 heteroatoms. The molecule has 1 aliphatic carbocycles. The summed E-state index contributed by atoms with van der Waals surface area (Å²) in [7, 11) is -5.12. The number of esters is 2. The molecule has 0 aromatic carbocycles. The smallest absolute Gasteiger partial charge is 0.462 e. The summed E-state index contributed by atoms with van der Waals surface area (Å²) >= 11 is 0. The van der Waals surface area contributed by atoms with Gasteiger partial charge >= 0.3 is 19.8 Å². The Kier molecular flexibility index (Phi) is 38.5. The van der Waals surface area contributed by atoms with Crippen LogP contribution in [0.15, 0.2) is 12.2 Å². The zero-order valence-corrected chi connectivity index (χ0v) is 41.2. The van der Waals surface area contributed by atoms with Crippen LogP contribution in [0.25, 0.3) is 0 Å². The van der Waals surface area contributed by atoms with Crippen molar-refractivity contribution < 1.29 is 63.1 Å². The number of rotatable bonds is 44. The topological polar surface area (TPSA) is 210 Å². The van der Waals surface area contributed by atoms with E-state index in [9.17, 15) is 44.6 Å². The number of carbonyl (C=O) groups is 2. The minimum atomic E-state index is -5.12. The van der Waals surface area contributed by atoms with Crippen molar-refractivity contribution in [1.82, 2.24) is 0 Å². The molecule has 1 saturated carbocycles. The maximum atomic E-state index is 12.8. The predicted octanol–water partition coefficient (Wildman–Crippen LogP) is 11.0. The normalized spacial score (nSPS) is 21.6. The van der Waals surface area contributed by atoms with Crippen LogP contribution in [-0.4, -0.2) is 98.3 Å². The second kappa shape index (κ2) is 40.6. The molecule has 378 valence electrons. The molecule has 0 heterocycles. The minimum absolute atomic E-state index is 0.0968. The Morgan fingerprint density at radius 1 is 0.469 bits per heavy atom. The average Bonchev–Trinajstić information content (AvgIpc) is 3.28. The van der Waals surface area contributed by atoms with E-state index in [1.165, 1.54) is 154 Å². The molecular weight excluding hydrogens is 840 g/mol. The van der Waals surface area contributed by atoms with E-state index >= 15 is 0 Å². The van der Waals surface area contributed by atoms with Gasteiger partial charge < -0.3 is 39.9 Å². The number of hydrogen-bond acceptors (Lipinski definition) is 12. The molecule has 0 spiro atoms. The molecule has 6 unspecified atom stereocenters. The Hall–Kier alpha value is -1.41. The molecule has 1 rings (SSSR count). The lowest BCUT2D eigenvalue weighted by atomic mass is 9.85. The quantitative estimate of drug-likeness (QED) is 0.0146. The van der Waals surface area contributed by atoms with E-state index in [-0.39, 0.29) is 12.8 Å². The van der Waals surface area contributed by atoms with Crippen LogP contribution in [0.4, 0.5) is 0 Å². The maximum Gasteiger partial charge on any atom is 0.472 e. The fraction of sp³-hybridized carbons (Fsp3) is 0.920. The molecule has 0 radical (unpaired) electrons. The van der Waals surface area contributed by atoms with Gasteiger partial charge in [-0.25, -0.2) is 4.57 Å². The van der Waals surface area contributed by atoms with Crippen LogP contribution in [0.5, 0.6) is 0 Å². The third-order valence-corrected chi connectivity index (χ3v) is 13.3. The molecule has 0 aromatic rings. The Balaban J connectivity index is 2.34. The third kappa shape index (κ3) is 32.3. The molecule has 1 aliphatic rings. The van der Waals surface area contributed by atoms with Crippen molar-refractivity contribution in [3.05, 3.63) is 12.2 Å². The number of ether oxygens (including phenoxy) is 2. The highest BCUT2D eigenvalue weighted by atomic mass is 31.2. The molecule has 1 fully saturated rings. The Morgan fingerprint density at radius 3 is 1.23 bits per heavy atom. The van der Waals surface area contributed by atoms with Gasteiger partial charge in [-0.15, -0.1) is 0 Å². The SMILES string of the molecule is CCCCCCCCCCCCCCCCCCCC/C=C/CCCC(=O)OC[C@@H](COP(=O)(O)OC1C(O)C(O)C(O)[C@H](O)C1O)OC(=O)CCCCCCCCCCCCCC. The number of phosphoric acid groups is 1. The average molecular weight is 935 g/mol. The fourth-order valence-electron chi connectivity index (χ4n) is 8.18. The molecule has 13 nitrogen and oxygen atoms in total. The van der Waals surface area contributed by atoms with Gasteiger partial charge in [0.25, 0.3) is 0 Å². The largest absolute Gasteiger partial charge is 0.472 e. The summed E-state index contributed by atoms with van der Waals surface area (Å²) in [5.41, 5.74) is 0. The molecule has 0 aromatic heterocycles. The van der Waals surface area contributed by atoms with Gasteiger partial charge in [0.1, 0.15) is 43.2 Å². The molecule has 8 atom stereocenters. The lowest BCUT2D eigenvalue weighted by molar-refractivity contribution is -0.220. The fourth-order valence-corrected chi connectivity index (χ4v) is 9.15. The van der Waals surface area contributed by atoms with Crippen molar-refractivity contribution in [3.63, 3.8) is 0 Å². The highest BCUT2D eigenvalue weighted by Gasteiger charge is 2.51. The highest BCUT2D eigenvalue weighted by molar-refractivity contribution is 7.47. The van der Waals surface area contributed by atoms with Crippen LogP contribution in [0.2, 0.25) is 0 Å². The van der Waals surface area contributed by atoms with Gasteiger partial charge in [-0.2, -0.15) is 0 Å². The molecule has 0 saturated heterocycles. The number of allylic oxidation sites excluding steroid dienone is 2. The lowest BCUT2D eigenvalue weighted by Crippen LogP contribution is -2.64. The lowest BCUT2D eigenvalue weighted by Gasteiger charge is -2.41. The van der Waals surface area contributed by atoms with Crippen LogP contribution in [0, 0.1) is 0 Å². The highest BCUT2D eigenvalue weighted by Crippen LogP contribution is 2.47. The summed E-state index contributed by atoms with van der Waals surface area (Å²) in [4.78, 5) is 35.7. The van der Waals surface area contributed by atoms with Gasteiger partial charge in [-0.05, 0) is 32.1 Å². The molecule has 6 N–H and O–H groups in total. The number of carbonyl (C=O) groups excluding carboxylic acids is 2. The van der Waals surface area contributed by atoms with Crippen molar-refractivity contribution in [2.75, 3.05) is 13.2 Å². The minimum Gasteiger partial charge on any atom is -0.462 e. The van der Waals surface area contributed by atoms with E-state index in [0.717, 1.165) is 38.5 Å². The molecule has 0 aliphatic heterocycles. The number of aliphatic hydroxyl groups is 5. The monoisotopic (exact) mass is 935 g/mol. The first-order valence-corrected chi connectivity index (χ1v) is 27.5. The van der Waals surface area contributed by atoms with E-state index < -0.39 is 75.7 Å². The standard InChI is InChI=1S/C50H95O13P/c1-3-5-7-9-11-13-15-17-18-19-20-21-22-23-24-25-26-27-29-30-32-34-36-38-43(51)60-40-42(62-44(52)39-37-35-33-31-28-16-14-12-10-8-6-4-2)41-61-64(58,59)63-50-48(56)46(54)45(53)47(55)49(50)57/h30,32,42,45-50,53-57H,3-29,31,33-41H2,1-2H3,(H,58,59)/b32-30+/t42-,45?,46-,47?,48?,49?,50?/m0/s1. The van der Waals surface area contributed by atoms with Crippen LogP contribution >= 0.6 is 7.82 Å². The number of phosphoric ester groups is 1. The van der Waals surface area contributed by atoms with Crippen molar-refractivity contribution >= 4 is 19.8 Å². The van der Waals surface area contributed by atoms with Crippen molar-refractivity contribution in [2.24, 2.45) is 0 Å². The zero-order valence-electron chi connectivity index (χ0n) is 40.3. The Morgan fingerprint density at radius 2 is 0.812 bits per heavy atom. The molecule has 0 amide bonds. The van der Waals surface area contributed by atoms with Crippen molar-refractivity contribution in [2.45, 2.75) is 281 Å². The Labute approximate surface area is 388 Å². The number of hydrogen-bond donors (Lipinski definition) is 6. The van der Waals surface area contributed by atoms with Crippen molar-refractivity contribution in [3.8, 4) is 0 Å². The second-order valence-electron chi connectivity index (χ2n) is 18.4. The summed E-state index contributed by atoms with van der Waals surface area (Å²) in [6.07, 6.45) is 31.4. The van der Waals surface area contributed by atoms with Crippen LogP contribution < -0.4 is 0 Å². The first kappa shape index (κ1) is 60.6. The summed E-state index contributed by atoms with van der Waals surface area (Å²) in [6.45, 7) is 3.30. The molecule has 0 bridgehead atoms. The van der Waals surface area contributed by atoms with E-state index in [1.54, 1.807) is 0 Å². The summed E-state index contributed by atoms with van der Waals surface area (Å²) in [5, 5.41) is 50.2. The van der Waals surface area contributed by atoms with E-state index in [1.807, 2.05) is 0 Å². The van der Waals surface area contributed by atoms with Gasteiger partial charge in [0.05, 0.1) is 6.61 Å².